The molecule has 18 heavy (non-hydrogen) atoms. The molecule has 2 heterocycles. The molecule has 0 amide bonds. The Balaban J connectivity index is 1.87. The fraction of sp³-hybridized carbons (Fsp3) is 0.692. The highest BCUT2D eigenvalue weighted by Crippen LogP contribution is 2.47. The maximum absolute atomic E-state index is 3.63. The zero-order valence-electron chi connectivity index (χ0n) is 10.5. The smallest absolute Gasteiger partial charge is 0.0843 e. The molecule has 1 aliphatic carbocycles. The molecular weight excluding hydrogens is 376 g/mol. The molecule has 1 saturated carbocycles. The summed E-state index contributed by atoms with van der Waals surface area (Å²) in [5.41, 5.74) is 0. The summed E-state index contributed by atoms with van der Waals surface area (Å²) < 4.78 is 2.43. The Labute approximate surface area is 129 Å². The second-order valence-corrected chi connectivity index (χ2v) is 8.55. The minimum absolute atomic E-state index is 0.623. The van der Waals surface area contributed by atoms with Crippen molar-refractivity contribution in [2.45, 2.75) is 31.3 Å². The highest BCUT2D eigenvalue weighted by molar-refractivity contribution is 9.13. The van der Waals surface area contributed by atoms with Gasteiger partial charge in [-0.1, -0.05) is 0 Å². The summed E-state index contributed by atoms with van der Waals surface area (Å²) in [6.45, 7) is 2.40. The molecule has 2 fully saturated rings. The van der Waals surface area contributed by atoms with Crippen LogP contribution in [0.15, 0.2) is 14.3 Å². The van der Waals surface area contributed by atoms with Crippen molar-refractivity contribution in [3.63, 3.8) is 0 Å². The third-order valence-electron chi connectivity index (χ3n) is 4.00. The third-order valence-corrected chi connectivity index (χ3v) is 7.33. The van der Waals surface area contributed by atoms with Crippen molar-refractivity contribution < 1.29 is 0 Å². The van der Waals surface area contributed by atoms with E-state index in [0.29, 0.717) is 6.04 Å². The summed E-state index contributed by atoms with van der Waals surface area (Å²) in [5, 5.41) is 3.37. The standard InChI is InChI=1S/C13H18Br2N2S/c1-16-7-8-4-5-17(9-2-3-9)12(8)11-6-10(14)13(15)18-11/h6,8-9,12,16H,2-5,7H2,1H3. The van der Waals surface area contributed by atoms with Gasteiger partial charge in [-0.3, -0.25) is 4.90 Å². The molecule has 0 radical (unpaired) electrons. The molecule has 2 unspecified atom stereocenters. The van der Waals surface area contributed by atoms with Gasteiger partial charge in [-0.05, 0) is 83.2 Å². The first-order chi connectivity index (χ1) is 8.70. The number of nitrogens with one attached hydrogen (secondary N) is 1. The Bertz CT molecular complexity index is 411. The molecule has 1 aliphatic heterocycles. The summed E-state index contributed by atoms with van der Waals surface area (Å²) in [5.74, 6) is 0.757. The Morgan fingerprint density at radius 1 is 1.39 bits per heavy atom. The zero-order valence-corrected chi connectivity index (χ0v) is 14.4. The Kier molecular flexibility index (Phi) is 4.16. The molecule has 1 aromatic heterocycles. The van der Waals surface area contributed by atoms with E-state index in [9.17, 15) is 0 Å². The van der Waals surface area contributed by atoms with Crippen molar-refractivity contribution >= 4 is 43.2 Å². The first-order valence-corrected chi connectivity index (χ1v) is 8.96. The molecule has 2 nitrogen and oxygen atoms in total. The van der Waals surface area contributed by atoms with Gasteiger partial charge in [0.15, 0.2) is 0 Å². The number of hydrogen-bond donors (Lipinski definition) is 1. The number of thiophene rings is 1. The average molecular weight is 394 g/mol. The van der Waals surface area contributed by atoms with E-state index in [2.05, 4.69) is 55.2 Å². The quantitative estimate of drug-likeness (QED) is 0.830. The van der Waals surface area contributed by atoms with Gasteiger partial charge < -0.3 is 5.32 Å². The second-order valence-electron chi connectivity index (χ2n) is 5.29. The molecule has 2 aliphatic rings. The number of rotatable bonds is 4. The zero-order chi connectivity index (χ0) is 12.7. The lowest BCUT2D eigenvalue weighted by Crippen LogP contribution is -2.30. The lowest BCUT2D eigenvalue weighted by Gasteiger charge is -2.27. The molecule has 1 N–H and O–H groups in total. The van der Waals surface area contributed by atoms with Crippen molar-refractivity contribution in [3.8, 4) is 0 Å². The van der Waals surface area contributed by atoms with Gasteiger partial charge in [0, 0.05) is 21.4 Å². The highest BCUT2D eigenvalue weighted by Gasteiger charge is 2.43. The summed E-state index contributed by atoms with van der Waals surface area (Å²) in [4.78, 5) is 4.26. The molecule has 1 saturated heterocycles. The fourth-order valence-electron chi connectivity index (χ4n) is 3.08. The van der Waals surface area contributed by atoms with E-state index in [4.69, 9.17) is 0 Å². The summed E-state index contributed by atoms with van der Waals surface area (Å²) in [6.07, 6.45) is 4.13. The normalized spacial score (nSPS) is 29.1. The minimum Gasteiger partial charge on any atom is -0.319 e. The predicted octanol–water partition coefficient (Wildman–Crippen LogP) is 4.02. The van der Waals surface area contributed by atoms with Gasteiger partial charge in [-0.15, -0.1) is 11.3 Å². The van der Waals surface area contributed by atoms with Crippen LogP contribution in [-0.2, 0) is 0 Å². The van der Waals surface area contributed by atoms with Gasteiger partial charge in [-0.25, -0.2) is 0 Å². The van der Waals surface area contributed by atoms with E-state index in [1.54, 1.807) is 0 Å². The summed E-state index contributed by atoms with van der Waals surface area (Å²) >= 11 is 9.15. The topological polar surface area (TPSA) is 15.3 Å². The van der Waals surface area contributed by atoms with Crippen LogP contribution in [0.1, 0.15) is 30.2 Å². The van der Waals surface area contributed by atoms with E-state index in [0.717, 1.165) is 18.5 Å². The largest absolute Gasteiger partial charge is 0.319 e. The van der Waals surface area contributed by atoms with Crippen LogP contribution >= 0.6 is 43.2 Å². The van der Waals surface area contributed by atoms with E-state index < -0.39 is 0 Å². The lowest BCUT2D eigenvalue weighted by molar-refractivity contribution is 0.221. The molecule has 100 valence electrons. The molecular formula is C13H18Br2N2S. The first-order valence-electron chi connectivity index (χ1n) is 6.55. The van der Waals surface area contributed by atoms with Crippen molar-refractivity contribution in [1.82, 2.24) is 10.2 Å². The van der Waals surface area contributed by atoms with Crippen LogP contribution in [0.5, 0.6) is 0 Å². The maximum Gasteiger partial charge on any atom is 0.0843 e. The number of hydrogen-bond acceptors (Lipinski definition) is 3. The van der Waals surface area contributed by atoms with Crippen LogP contribution in [0.4, 0.5) is 0 Å². The van der Waals surface area contributed by atoms with Crippen LogP contribution in [0.3, 0.4) is 0 Å². The lowest BCUT2D eigenvalue weighted by atomic mass is 9.99. The van der Waals surface area contributed by atoms with E-state index >= 15 is 0 Å². The van der Waals surface area contributed by atoms with Gasteiger partial charge >= 0.3 is 0 Å². The van der Waals surface area contributed by atoms with Gasteiger partial charge in [0.05, 0.1) is 3.79 Å². The third kappa shape index (κ3) is 2.57. The number of nitrogens with zero attached hydrogens (tertiary/aromatic N) is 1. The highest BCUT2D eigenvalue weighted by atomic mass is 79.9. The SMILES string of the molecule is CNCC1CCN(C2CC2)C1c1cc(Br)c(Br)s1. The molecule has 2 atom stereocenters. The van der Waals surface area contributed by atoms with Crippen molar-refractivity contribution in [2.24, 2.45) is 5.92 Å². The first kappa shape index (κ1) is 13.6. The number of likely N-dealkylation sites (tertiary alicyclic amines) is 1. The van der Waals surface area contributed by atoms with Gasteiger partial charge in [0.1, 0.15) is 0 Å². The van der Waals surface area contributed by atoms with Crippen LogP contribution in [0.2, 0.25) is 0 Å². The van der Waals surface area contributed by atoms with Gasteiger partial charge in [-0.2, -0.15) is 0 Å². The molecule has 3 rings (SSSR count). The van der Waals surface area contributed by atoms with Crippen LogP contribution in [0, 0.1) is 5.92 Å². The van der Waals surface area contributed by atoms with Crippen molar-refractivity contribution in [3.05, 3.63) is 19.2 Å². The van der Waals surface area contributed by atoms with Crippen LogP contribution in [-0.4, -0.2) is 31.1 Å². The summed E-state index contributed by atoms with van der Waals surface area (Å²) in [6, 6.07) is 3.79. The van der Waals surface area contributed by atoms with Gasteiger partial charge in [0.2, 0.25) is 0 Å². The Morgan fingerprint density at radius 2 is 2.17 bits per heavy atom. The predicted molar refractivity (Wildman–Crippen MR) is 84.2 cm³/mol. The monoisotopic (exact) mass is 392 g/mol. The van der Waals surface area contributed by atoms with Gasteiger partial charge in [0.25, 0.3) is 0 Å². The fourth-order valence-corrected chi connectivity index (χ4v) is 5.38. The maximum atomic E-state index is 3.63. The molecule has 1 aromatic rings. The van der Waals surface area contributed by atoms with Crippen molar-refractivity contribution in [2.75, 3.05) is 20.1 Å². The van der Waals surface area contributed by atoms with E-state index in [1.165, 1.54) is 38.9 Å². The average Bonchev–Trinajstić information content (AvgIpc) is 3.02. The Hall–Kier alpha value is 0.580. The Morgan fingerprint density at radius 3 is 2.72 bits per heavy atom. The van der Waals surface area contributed by atoms with E-state index in [1.807, 2.05) is 11.3 Å². The van der Waals surface area contributed by atoms with Crippen LogP contribution < -0.4 is 5.32 Å². The second kappa shape index (κ2) is 5.52. The molecule has 0 bridgehead atoms. The number of halogens is 2. The molecule has 0 aromatic carbocycles. The molecule has 0 spiro atoms. The minimum atomic E-state index is 0.623. The van der Waals surface area contributed by atoms with Crippen LogP contribution in [0.25, 0.3) is 0 Å². The summed E-state index contributed by atoms with van der Waals surface area (Å²) in [7, 11) is 2.07. The molecule has 5 heteroatoms. The van der Waals surface area contributed by atoms with Crippen molar-refractivity contribution in [1.29, 1.82) is 0 Å². The van der Waals surface area contributed by atoms with E-state index in [-0.39, 0.29) is 0 Å².